The van der Waals surface area contributed by atoms with Crippen LogP contribution in [0.1, 0.15) is 19.8 Å². The van der Waals surface area contributed by atoms with Crippen LogP contribution in [0.2, 0.25) is 0 Å². The predicted molar refractivity (Wildman–Crippen MR) is 54.2 cm³/mol. The van der Waals surface area contributed by atoms with Gasteiger partial charge in [0.1, 0.15) is 0 Å². The summed E-state index contributed by atoms with van der Waals surface area (Å²) in [6.45, 7) is 2.54. The maximum absolute atomic E-state index is 11.1. The molecule has 1 amide bonds. The molecule has 1 unspecified atom stereocenters. The Labute approximate surface area is 84.7 Å². The molecule has 1 atom stereocenters. The van der Waals surface area contributed by atoms with E-state index in [9.17, 15) is 4.79 Å². The standard InChI is InChI=1S/C10H15N3O/c1-3-9(4-2)13-8-10(14)12-7-5-6-11/h1,9,13H,4-5,7-8H2,2H3,(H,12,14). The van der Waals surface area contributed by atoms with Crippen molar-refractivity contribution in [3.05, 3.63) is 0 Å². The number of nitrogens with zero attached hydrogens (tertiary/aromatic N) is 1. The van der Waals surface area contributed by atoms with Gasteiger partial charge in [0.05, 0.1) is 25.1 Å². The van der Waals surface area contributed by atoms with E-state index in [0.29, 0.717) is 13.0 Å². The highest BCUT2D eigenvalue weighted by molar-refractivity contribution is 5.78. The van der Waals surface area contributed by atoms with Gasteiger partial charge < -0.3 is 5.32 Å². The van der Waals surface area contributed by atoms with Gasteiger partial charge in [-0.3, -0.25) is 10.1 Å². The normalized spacial score (nSPS) is 11.1. The van der Waals surface area contributed by atoms with Crippen molar-refractivity contribution in [1.82, 2.24) is 10.6 Å². The second-order valence-electron chi connectivity index (χ2n) is 2.77. The fourth-order valence-electron chi connectivity index (χ4n) is 0.857. The summed E-state index contributed by atoms with van der Waals surface area (Å²) < 4.78 is 0. The second kappa shape index (κ2) is 8.10. The lowest BCUT2D eigenvalue weighted by molar-refractivity contribution is -0.120. The molecule has 0 aliphatic rings. The summed E-state index contributed by atoms with van der Waals surface area (Å²) in [5, 5.41) is 13.7. The Kier molecular flexibility index (Phi) is 7.22. The smallest absolute Gasteiger partial charge is 0.234 e. The molecule has 0 aliphatic carbocycles. The van der Waals surface area contributed by atoms with Crippen LogP contribution in [0.3, 0.4) is 0 Å². The lowest BCUT2D eigenvalue weighted by Crippen LogP contribution is -2.38. The number of nitrogens with one attached hydrogen (secondary N) is 2. The van der Waals surface area contributed by atoms with E-state index in [1.54, 1.807) is 0 Å². The van der Waals surface area contributed by atoms with Crippen molar-refractivity contribution in [3.63, 3.8) is 0 Å². The van der Waals surface area contributed by atoms with Crippen molar-refractivity contribution in [1.29, 1.82) is 5.26 Å². The van der Waals surface area contributed by atoms with E-state index in [2.05, 4.69) is 16.6 Å². The summed E-state index contributed by atoms with van der Waals surface area (Å²) in [4.78, 5) is 11.1. The first-order valence-electron chi connectivity index (χ1n) is 4.57. The number of carbonyl (C=O) groups is 1. The zero-order chi connectivity index (χ0) is 10.8. The minimum atomic E-state index is -0.131. The summed E-state index contributed by atoms with van der Waals surface area (Å²) in [6, 6.07) is 1.88. The second-order valence-corrected chi connectivity index (χ2v) is 2.77. The lowest BCUT2D eigenvalue weighted by Gasteiger charge is -2.09. The Morgan fingerprint density at radius 3 is 2.86 bits per heavy atom. The maximum atomic E-state index is 11.1. The molecule has 0 aromatic carbocycles. The molecule has 0 saturated heterocycles. The van der Waals surface area contributed by atoms with Gasteiger partial charge in [0.2, 0.25) is 5.91 Å². The summed E-state index contributed by atoms with van der Waals surface area (Å²) in [5.41, 5.74) is 0. The Hall–Kier alpha value is -1.52. The molecular weight excluding hydrogens is 178 g/mol. The van der Waals surface area contributed by atoms with Crippen LogP contribution >= 0.6 is 0 Å². The first kappa shape index (κ1) is 12.5. The molecular formula is C10H15N3O. The number of amides is 1. The van der Waals surface area contributed by atoms with E-state index in [-0.39, 0.29) is 18.5 Å². The highest BCUT2D eigenvalue weighted by Crippen LogP contribution is 1.86. The van der Waals surface area contributed by atoms with Gasteiger partial charge in [0.25, 0.3) is 0 Å². The predicted octanol–water partition coefficient (Wildman–Crippen LogP) is 0.0177. The van der Waals surface area contributed by atoms with E-state index < -0.39 is 0 Å². The van der Waals surface area contributed by atoms with Crippen LogP contribution in [0.25, 0.3) is 0 Å². The number of hydrogen-bond donors (Lipinski definition) is 2. The molecule has 0 aromatic rings. The lowest BCUT2D eigenvalue weighted by atomic mass is 10.2. The Morgan fingerprint density at radius 2 is 2.36 bits per heavy atom. The Balaban J connectivity index is 3.54. The number of hydrogen-bond acceptors (Lipinski definition) is 3. The molecule has 4 heteroatoms. The summed E-state index contributed by atoms with van der Waals surface area (Å²) in [6.07, 6.45) is 6.33. The average molecular weight is 193 g/mol. The van der Waals surface area contributed by atoms with Crippen molar-refractivity contribution in [3.8, 4) is 18.4 Å². The van der Waals surface area contributed by atoms with Gasteiger partial charge in [-0.2, -0.15) is 5.26 Å². The highest BCUT2D eigenvalue weighted by atomic mass is 16.1. The van der Waals surface area contributed by atoms with E-state index in [1.165, 1.54) is 0 Å². The third-order valence-corrected chi connectivity index (χ3v) is 1.68. The van der Waals surface area contributed by atoms with Crippen molar-refractivity contribution in [2.75, 3.05) is 13.1 Å². The fourth-order valence-corrected chi connectivity index (χ4v) is 0.857. The molecule has 76 valence electrons. The van der Waals surface area contributed by atoms with Crippen molar-refractivity contribution < 1.29 is 4.79 Å². The number of terminal acetylenes is 1. The summed E-state index contributed by atoms with van der Waals surface area (Å²) in [5.74, 6) is 2.40. The van der Waals surface area contributed by atoms with Crippen LogP contribution in [-0.4, -0.2) is 25.0 Å². The van der Waals surface area contributed by atoms with Gasteiger partial charge in [-0.25, -0.2) is 0 Å². The van der Waals surface area contributed by atoms with Gasteiger partial charge in [0.15, 0.2) is 0 Å². The largest absolute Gasteiger partial charge is 0.354 e. The molecule has 2 N–H and O–H groups in total. The first-order chi connectivity index (χ1) is 6.74. The van der Waals surface area contributed by atoms with Crippen molar-refractivity contribution in [2.45, 2.75) is 25.8 Å². The highest BCUT2D eigenvalue weighted by Gasteiger charge is 2.04. The monoisotopic (exact) mass is 193 g/mol. The third kappa shape index (κ3) is 6.05. The maximum Gasteiger partial charge on any atom is 0.234 e. The van der Waals surface area contributed by atoms with Gasteiger partial charge in [-0.1, -0.05) is 12.8 Å². The van der Waals surface area contributed by atoms with E-state index in [0.717, 1.165) is 6.42 Å². The molecule has 0 fully saturated rings. The van der Waals surface area contributed by atoms with Crippen LogP contribution in [-0.2, 0) is 4.79 Å². The average Bonchev–Trinajstić information content (AvgIpc) is 2.20. The van der Waals surface area contributed by atoms with E-state index in [4.69, 9.17) is 11.7 Å². The van der Waals surface area contributed by atoms with Crippen molar-refractivity contribution >= 4 is 5.91 Å². The third-order valence-electron chi connectivity index (χ3n) is 1.68. The minimum absolute atomic E-state index is 0.0586. The van der Waals surface area contributed by atoms with Gasteiger partial charge in [0, 0.05) is 6.54 Å². The molecule has 0 heterocycles. The van der Waals surface area contributed by atoms with Gasteiger partial charge >= 0.3 is 0 Å². The van der Waals surface area contributed by atoms with Crippen molar-refractivity contribution in [2.24, 2.45) is 0 Å². The van der Waals surface area contributed by atoms with Crippen LogP contribution < -0.4 is 10.6 Å². The molecule has 0 aliphatic heterocycles. The SMILES string of the molecule is C#CC(CC)NCC(=O)NCCC#N. The Bertz CT molecular complexity index is 249. The summed E-state index contributed by atoms with van der Waals surface area (Å²) in [7, 11) is 0. The molecule has 0 rings (SSSR count). The van der Waals surface area contributed by atoms with Crippen LogP contribution in [0, 0.1) is 23.7 Å². The fraction of sp³-hybridized carbons (Fsp3) is 0.600. The first-order valence-corrected chi connectivity index (χ1v) is 4.57. The summed E-state index contributed by atoms with van der Waals surface area (Å²) >= 11 is 0. The zero-order valence-corrected chi connectivity index (χ0v) is 8.34. The van der Waals surface area contributed by atoms with E-state index in [1.807, 2.05) is 13.0 Å². The van der Waals surface area contributed by atoms with E-state index >= 15 is 0 Å². The quantitative estimate of drug-likeness (QED) is 0.461. The van der Waals surface area contributed by atoms with Crippen LogP contribution in [0.5, 0.6) is 0 Å². The molecule has 0 spiro atoms. The molecule has 0 aromatic heterocycles. The topological polar surface area (TPSA) is 64.9 Å². The number of rotatable bonds is 6. The molecule has 4 nitrogen and oxygen atoms in total. The zero-order valence-electron chi connectivity index (χ0n) is 8.34. The van der Waals surface area contributed by atoms with Gasteiger partial charge in [-0.15, -0.1) is 6.42 Å². The number of nitriles is 1. The number of carbonyl (C=O) groups excluding carboxylic acids is 1. The minimum Gasteiger partial charge on any atom is -0.354 e. The molecule has 0 saturated carbocycles. The van der Waals surface area contributed by atoms with Crippen LogP contribution in [0.15, 0.2) is 0 Å². The molecule has 0 bridgehead atoms. The van der Waals surface area contributed by atoms with Crippen LogP contribution in [0.4, 0.5) is 0 Å². The van der Waals surface area contributed by atoms with Gasteiger partial charge in [-0.05, 0) is 6.42 Å². The molecule has 0 radical (unpaired) electrons. The Morgan fingerprint density at radius 1 is 1.64 bits per heavy atom. The molecule has 14 heavy (non-hydrogen) atoms.